The van der Waals surface area contributed by atoms with Gasteiger partial charge in [0.2, 0.25) is 0 Å². The summed E-state index contributed by atoms with van der Waals surface area (Å²) in [6, 6.07) is 0.799. The Morgan fingerprint density at radius 3 is 2.94 bits per heavy atom. The van der Waals surface area contributed by atoms with E-state index < -0.39 is 0 Å². The predicted octanol–water partition coefficient (Wildman–Crippen LogP) is 2.16. The molecule has 0 aromatic heterocycles. The molecule has 1 aliphatic carbocycles. The first-order chi connectivity index (χ1) is 8.17. The Balaban J connectivity index is 2.29. The zero-order valence-corrected chi connectivity index (χ0v) is 12.6. The SMILES string of the molecule is CCSC1CCCC1NC(=S)NC(C)COC. The van der Waals surface area contributed by atoms with Crippen LogP contribution in [0.4, 0.5) is 0 Å². The van der Waals surface area contributed by atoms with Crippen LogP contribution in [0.2, 0.25) is 0 Å². The molecule has 0 aromatic carbocycles. The molecule has 0 radical (unpaired) electrons. The fourth-order valence-corrected chi connectivity index (χ4v) is 3.78. The number of hydrogen-bond acceptors (Lipinski definition) is 3. The van der Waals surface area contributed by atoms with E-state index in [1.54, 1.807) is 7.11 Å². The third kappa shape index (κ3) is 5.44. The lowest BCUT2D eigenvalue weighted by molar-refractivity contribution is 0.179. The van der Waals surface area contributed by atoms with Crippen LogP contribution < -0.4 is 10.6 Å². The topological polar surface area (TPSA) is 33.3 Å². The molecule has 3 unspecified atom stereocenters. The van der Waals surface area contributed by atoms with Crippen LogP contribution in [0.5, 0.6) is 0 Å². The molecule has 0 aliphatic heterocycles. The summed E-state index contributed by atoms with van der Waals surface area (Å²) in [6.07, 6.45) is 3.86. The second-order valence-corrected chi connectivity index (χ2v) is 6.43. The van der Waals surface area contributed by atoms with Crippen LogP contribution >= 0.6 is 24.0 Å². The number of thiocarbonyl (C=S) groups is 1. The Hall–Kier alpha value is -0.0000000000000000486. The Labute approximate surface area is 114 Å². The van der Waals surface area contributed by atoms with E-state index in [1.807, 2.05) is 11.8 Å². The number of ether oxygens (including phenoxy) is 1. The van der Waals surface area contributed by atoms with Crippen molar-refractivity contribution in [3.63, 3.8) is 0 Å². The van der Waals surface area contributed by atoms with Crippen molar-refractivity contribution in [1.82, 2.24) is 10.6 Å². The van der Waals surface area contributed by atoms with Crippen molar-refractivity contribution in [2.24, 2.45) is 0 Å². The molecule has 0 bridgehead atoms. The van der Waals surface area contributed by atoms with Crippen molar-refractivity contribution in [2.45, 2.75) is 50.4 Å². The molecule has 1 rings (SSSR count). The maximum atomic E-state index is 5.33. The summed E-state index contributed by atoms with van der Waals surface area (Å²) in [4.78, 5) is 0. The first-order valence-electron chi connectivity index (χ1n) is 6.35. The lowest BCUT2D eigenvalue weighted by Crippen LogP contribution is -2.48. The minimum atomic E-state index is 0.263. The van der Waals surface area contributed by atoms with Crippen LogP contribution in [0.3, 0.4) is 0 Å². The summed E-state index contributed by atoms with van der Waals surface area (Å²) < 4.78 is 5.08. The van der Waals surface area contributed by atoms with E-state index in [-0.39, 0.29) is 6.04 Å². The monoisotopic (exact) mass is 276 g/mol. The summed E-state index contributed by atoms with van der Waals surface area (Å²) in [5.41, 5.74) is 0. The number of rotatable bonds is 6. The zero-order valence-electron chi connectivity index (χ0n) is 11.0. The molecule has 1 saturated carbocycles. The molecule has 17 heavy (non-hydrogen) atoms. The molecule has 0 heterocycles. The van der Waals surface area contributed by atoms with Crippen molar-refractivity contribution >= 4 is 29.1 Å². The average molecular weight is 276 g/mol. The van der Waals surface area contributed by atoms with Crippen molar-refractivity contribution in [3.8, 4) is 0 Å². The molecule has 0 aromatic rings. The van der Waals surface area contributed by atoms with Gasteiger partial charge in [0.05, 0.1) is 6.61 Å². The first kappa shape index (κ1) is 15.1. The van der Waals surface area contributed by atoms with Crippen LogP contribution in [0, 0.1) is 0 Å². The summed E-state index contributed by atoms with van der Waals surface area (Å²) in [5, 5.41) is 8.19. The van der Waals surface area contributed by atoms with Crippen molar-refractivity contribution < 1.29 is 4.74 Å². The van der Waals surface area contributed by atoms with Crippen molar-refractivity contribution in [3.05, 3.63) is 0 Å². The van der Waals surface area contributed by atoms with Gasteiger partial charge in [-0.25, -0.2) is 0 Å². The fraction of sp³-hybridized carbons (Fsp3) is 0.917. The molecule has 0 spiro atoms. The highest BCUT2D eigenvalue weighted by Crippen LogP contribution is 2.29. The minimum absolute atomic E-state index is 0.263. The van der Waals surface area contributed by atoms with Gasteiger partial charge < -0.3 is 15.4 Å². The van der Waals surface area contributed by atoms with E-state index in [9.17, 15) is 0 Å². The molecule has 5 heteroatoms. The quantitative estimate of drug-likeness (QED) is 0.727. The Bertz CT molecular complexity index is 239. The van der Waals surface area contributed by atoms with Gasteiger partial charge in [0, 0.05) is 24.4 Å². The van der Waals surface area contributed by atoms with E-state index in [0.29, 0.717) is 12.6 Å². The second-order valence-electron chi connectivity index (χ2n) is 4.51. The predicted molar refractivity (Wildman–Crippen MR) is 79.8 cm³/mol. The van der Waals surface area contributed by atoms with E-state index in [1.165, 1.54) is 25.0 Å². The summed E-state index contributed by atoms with van der Waals surface area (Å²) in [7, 11) is 1.71. The Morgan fingerprint density at radius 2 is 2.29 bits per heavy atom. The maximum absolute atomic E-state index is 5.33. The highest BCUT2D eigenvalue weighted by atomic mass is 32.2. The molecular formula is C12H24N2OS2. The van der Waals surface area contributed by atoms with Crippen LogP contribution in [-0.4, -0.2) is 41.9 Å². The lowest BCUT2D eigenvalue weighted by atomic mass is 10.2. The summed E-state index contributed by atoms with van der Waals surface area (Å²) in [5.74, 6) is 1.18. The molecule has 2 N–H and O–H groups in total. The third-order valence-corrected chi connectivity index (χ3v) is 4.51. The van der Waals surface area contributed by atoms with Crippen molar-refractivity contribution in [1.29, 1.82) is 0 Å². The number of methoxy groups -OCH3 is 1. The van der Waals surface area contributed by atoms with Gasteiger partial charge in [-0.3, -0.25) is 0 Å². The van der Waals surface area contributed by atoms with Gasteiger partial charge >= 0.3 is 0 Å². The second kappa shape index (κ2) is 8.16. The van der Waals surface area contributed by atoms with Gasteiger partial charge in [0.15, 0.2) is 5.11 Å². The van der Waals surface area contributed by atoms with Crippen LogP contribution in [0.25, 0.3) is 0 Å². The highest BCUT2D eigenvalue weighted by Gasteiger charge is 2.27. The standard InChI is InChI=1S/C12H24N2OS2/c1-4-17-11-7-5-6-10(11)14-12(16)13-9(2)8-15-3/h9-11H,4-8H2,1-3H3,(H2,13,14,16). The van der Waals surface area contributed by atoms with Gasteiger partial charge in [-0.1, -0.05) is 13.3 Å². The molecule has 1 aliphatic rings. The summed E-state index contributed by atoms with van der Waals surface area (Å²) >= 11 is 7.37. The minimum Gasteiger partial charge on any atom is -0.383 e. The summed E-state index contributed by atoms with van der Waals surface area (Å²) in [6.45, 7) is 4.97. The molecule has 100 valence electrons. The van der Waals surface area contributed by atoms with Gasteiger partial charge in [0.1, 0.15) is 0 Å². The van der Waals surface area contributed by atoms with Gasteiger partial charge in [-0.2, -0.15) is 11.8 Å². The van der Waals surface area contributed by atoms with E-state index in [0.717, 1.165) is 10.4 Å². The Kier molecular flexibility index (Phi) is 7.23. The van der Waals surface area contributed by atoms with Crippen molar-refractivity contribution in [2.75, 3.05) is 19.5 Å². The Morgan fingerprint density at radius 1 is 1.53 bits per heavy atom. The van der Waals surface area contributed by atoms with Gasteiger partial charge in [-0.05, 0) is 37.7 Å². The van der Waals surface area contributed by atoms with Crippen LogP contribution in [0.15, 0.2) is 0 Å². The molecule has 3 nitrogen and oxygen atoms in total. The number of hydrogen-bond donors (Lipinski definition) is 2. The molecule has 1 fully saturated rings. The van der Waals surface area contributed by atoms with E-state index >= 15 is 0 Å². The lowest BCUT2D eigenvalue weighted by Gasteiger charge is -2.23. The molecular weight excluding hydrogens is 252 g/mol. The molecule has 0 amide bonds. The number of thioether (sulfide) groups is 1. The van der Waals surface area contributed by atoms with Gasteiger partial charge in [-0.15, -0.1) is 0 Å². The number of nitrogens with one attached hydrogen (secondary N) is 2. The first-order valence-corrected chi connectivity index (χ1v) is 7.80. The fourth-order valence-electron chi connectivity index (χ4n) is 2.23. The van der Waals surface area contributed by atoms with Crippen LogP contribution in [-0.2, 0) is 4.74 Å². The zero-order chi connectivity index (χ0) is 12.7. The maximum Gasteiger partial charge on any atom is 0.166 e. The largest absolute Gasteiger partial charge is 0.383 e. The van der Waals surface area contributed by atoms with Crippen LogP contribution in [0.1, 0.15) is 33.1 Å². The molecule has 3 atom stereocenters. The highest BCUT2D eigenvalue weighted by molar-refractivity contribution is 7.99. The van der Waals surface area contributed by atoms with Gasteiger partial charge in [0.25, 0.3) is 0 Å². The van der Waals surface area contributed by atoms with E-state index in [2.05, 4.69) is 24.5 Å². The van der Waals surface area contributed by atoms with E-state index in [4.69, 9.17) is 17.0 Å². The smallest absolute Gasteiger partial charge is 0.166 e. The normalized spacial score (nSPS) is 25.6. The average Bonchev–Trinajstić information content (AvgIpc) is 2.66. The molecule has 0 saturated heterocycles. The third-order valence-electron chi connectivity index (χ3n) is 2.94.